The zero-order valence-corrected chi connectivity index (χ0v) is 25.7. The number of benzene rings is 2. The van der Waals surface area contributed by atoms with Crippen LogP contribution in [0.5, 0.6) is 0 Å². The second kappa shape index (κ2) is 16.4. The molecule has 0 heterocycles. The fraction of sp³-hybridized carbons (Fsp3) is 0.462. The minimum atomic E-state index is 0. The molecule has 0 spiro atoms. The average molecular weight is 694 g/mol. The highest BCUT2D eigenvalue weighted by atomic mass is 127. The van der Waals surface area contributed by atoms with Crippen LogP contribution in [0, 0.1) is 0 Å². The van der Waals surface area contributed by atoms with Crippen LogP contribution in [0.25, 0.3) is 0 Å². The van der Waals surface area contributed by atoms with Gasteiger partial charge in [0.05, 0.1) is 55.4 Å². The van der Waals surface area contributed by atoms with Gasteiger partial charge in [-0.1, -0.05) is 71.0 Å². The number of halogens is 2. The molecule has 0 unspecified atom stereocenters. The van der Waals surface area contributed by atoms with Crippen molar-refractivity contribution < 1.29 is 66.6 Å². The number of hydrogen-bond acceptors (Lipinski definition) is 4. The Hall–Kier alpha value is -1.24. The molecule has 0 atom stereocenters. The van der Waals surface area contributed by atoms with E-state index < -0.39 is 0 Å². The van der Waals surface area contributed by atoms with Gasteiger partial charge in [0.25, 0.3) is 0 Å². The second-order valence-corrected chi connectivity index (χ2v) is 10.0. The van der Waals surface area contributed by atoms with E-state index in [0.717, 1.165) is 46.0 Å². The molecule has 0 aliphatic heterocycles. The molecule has 0 aliphatic rings. The van der Waals surface area contributed by atoms with Gasteiger partial charge in [0, 0.05) is 24.0 Å². The van der Waals surface area contributed by atoms with Crippen molar-refractivity contribution >= 4 is 11.4 Å². The first-order chi connectivity index (χ1) is 15.2. The van der Waals surface area contributed by atoms with Gasteiger partial charge in [-0.15, -0.1) is 0 Å². The number of oxime groups is 2. The number of hydrogen-bond donors (Lipinski definition) is 0. The first-order valence-electron chi connectivity index (χ1n) is 11.3. The van der Waals surface area contributed by atoms with Crippen molar-refractivity contribution in [2.75, 3.05) is 68.6 Å². The van der Waals surface area contributed by atoms with Gasteiger partial charge in [-0.25, -0.2) is 0 Å². The number of nitrogens with zero attached hydrogens (tertiary/aromatic N) is 4. The molecule has 34 heavy (non-hydrogen) atoms. The van der Waals surface area contributed by atoms with Gasteiger partial charge in [-0.3, -0.25) is 0 Å². The smallest absolute Gasteiger partial charge is 0.139 e. The lowest BCUT2D eigenvalue weighted by Gasteiger charge is -2.23. The lowest BCUT2D eigenvalue weighted by molar-refractivity contribution is -0.870. The van der Waals surface area contributed by atoms with Crippen LogP contribution in [0.15, 0.2) is 71.0 Å². The fourth-order valence-corrected chi connectivity index (χ4v) is 3.08. The van der Waals surface area contributed by atoms with Gasteiger partial charge in [0.2, 0.25) is 0 Å². The maximum Gasteiger partial charge on any atom is 0.139 e. The van der Waals surface area contributed by atoms with Gasteiger partial charge in [-0.05, 0) is 0 Å². The van der Waals surface area contributed by atoms with Crippen LogP contribution in [0.2, 0.25) is 0 Å². The van der Waals surface area contributed by atoms with E-state index in [1.807, 2.05) is 60.7 Å². The minimum Gasteiger partial charge on any atom is -1.00 e. The summed E-state index contributed by atoms with van der Waals surface area (Å²) in [6.07, 6.45) is 1.85. The lowest BCUT2D eigenvalue weighted by atomic mass is 10.00. The first kappa shape index (κ1) is 32.8. The minimum absolute atomic E-state index is 0. The third kappa shape index (κ3) is 13.6. The first-order valence-corrected chi connectivity index (χ1v) is 11.3. The highest BCUT2D eigenvalue weighted by Crippen LogP contribution is 2.12. The summed E-state index contributed by atoms with van der Waals surface area (Å²) >= 11 is 0. The quantitative estimate of drug-likeness (QED) is 0.0804. The molecule has 0 aliphatic carbocycles. The van der Waals surface area contributed by atoms with E-state index in [9.17, 15) is 0 Å². The predicted molar refractivity (Wildman–Crippen MR) is 133 cm³/mol. The van der Waals surface area contributed by atoms with Crippen LogP contribution < -0.4 is 48.0 Å². The van der Waals surface area contributed by atoms with Crippen molar-refractivity contribution in [3.8, 4) is 0 Å². The van der Waals surface area contributed by atoms with E-state index in [0.29, 0.717) is 24.6 Å². The Balaban J connectivity index is 0.00000544. The molecule has 2 rings (SSSR count). The summed E-state index contributed by atoms with van der Waals surface area (Å²) in [5, 5.41) is 9.05. The molecule has 0 bridgehead atoms. The van der Waals surface area contributed by atoms with E-state index in [1.54, 1.807) is 0 Å². The van der Waals surface area contributed by atoms with Gasteiger partial charge >= 0.3 is 0 Å². The van der Waals surface area contributed by atoms with E-state index in [-0.39, 0.29) is 48.0 Å². The van der Waals surface area contributed by atoms with E-state index in [2.05, 4.69) is 52.6 Å². The van der Waals surface area contributed by atoms with Crippen LogP contribution in [0.3, 0.4) is 0 Å². The summed E-state index contributed by atoms with van der Waals surface area (Å²) < 4.78 is 1.80. The largest absolute Gasteiger partial charge is 1.00 e. The maximum absolute atomic E-state index is 5.76. The maximum atomic E-state index is 5.76. The van der Waals surface area contributed by atoms with E-state index in [1.165, 1.54) is 0 Å². The Morgan fingerprint density at radius 3 is 1.21 bits per heavy atom. The van der Waals surface area contributed by atoms with Gasteiger partial charge < -0.3 is 66.6 Å². The Bertz CT molecular complexity index is 788. The topological polar surface area (TPSA) is 43.2 Å². The summed E-state index contributed by atoms with van der Waals surface area (Å²) in [6, 6.07) is 20.0. The predicted octanol–water partition coefficient (Wildman–Crippen LogP) is -1.97. The molecule has 6 nitrogen and oxygen atoms in total. The molecule has 2 aromatic rings. The van der Waals surface area contributed by atoms with Crippen molar-refractivity contribution in [2.45, 2.75) is 12.8 Å². The molecular formula is C26H40I2N4O2. The normalized spacial score (nSPS) is 12.4. The van der Waals surface area contributed by atoms with Crippen LogP contribution in [0.4, 0.5) is 0 Å². The standard InChI is InChI=1S/C26H40N4O2.2HI/c1-29(2,3)19-13-21-31-27-25(23-15-9-7-10-16-23)26(24-17-11-8-12-18-24)28-32-22-14-20-30(4,5)6;;/h7-12,15-18H,13-14,19-22H2,1-6H3;2*1H/q+2;;/p-2/b27-25+,28-26+;;. The zero-order chi connectivity index (χ0) is 23.5. The summed E-state index contributed by atoms with van der Waals surface area (Å²) in [7, 11) is 13.1. The van der Waals surface area contributed by atoms with Crippen molar-refractivity contribution in [1.29, 1.82) is 0 Å². The molecular weight excluding hydrogens is 654 g/mol. The third-order valence-electron chi connectivity index (χ3n) is 4.76. The van der Waals surface area contributed by atoms with Crippen LogP contribution >= 0.6 is 0 Å². The number of rotatable bonds is 13. The van der Waals surface area contributed by atoms with Gasteiger partial charge in [0.1, 0.15) is 24.6 Å². The molecule has 190 valence electrons. The van der Waals surface area contributed by atoms with Crippen molar-refractivity contribution in [3.05, 3.63) is 71.8 Å². The molecule has 0 fully saturated rings. The van der Waals surface area contributed by atoms with Crippen molar-refractivity contribution in [3.63, 3.8) is 0 Å². The summed E-state index contributed by atoms with van der Waals surface area (Å²) in [4.78, 5) is 11.5. The summed E-state index contributed by atoms with van der Waals surface area (Å²) in [5.41, 5.74) is 3.23. The summed E-state index contributed by atoms with van der Waals surface area (Å²) in [5.74, 6) is 0. The highest BCUT2D eigenvalue weighted by molar-refractivity contribution is 6.53. The van der Waals surface area contributed by atoms with Gasteiger partial charge in [-0.2, -0.15) is 0 Å². The van der Waals surface area contributed by atoms with Crippen molar-refractivity contribution in [1.82, 2.24) is 0 Å². The Morgan fingerprint density at radius 2 is 0.912 bits per heavy atom. The molecule has 0 amide bonds. The molecule has 0 N–H and O–H groups in total. The Labute approximate surface area is 240 Å². The number of quaternary nitrogens is 2. The average Bonchev–Trinajstić information content (AvgIpc) is 2.74. The molecule has 0 aromatic heterocycles. The third-order valence-corrected chi connectivity index (χ3v) is 4.76. The zero-order valence-electron chi connectivity index (χ0n) is 21.4. The Kier molecular flexibility index (Phi) is 15.8. The molecule has 0 saturated heterocycles. The van der Waals surface area contributed by atoms with Crippen LogP contribution in [0.1, 0.15) is 24.0 Å². The second-order valence-electron chi connectivity index (χ2n) is 10.0. The fourth-order valence-electron chi connectivity index (χ4n) is 3.08. The highest BCUT2D eigenvalue weighted by Gasteiger charge is 2.17. The molecule has 8 heteroatoms. The van der Waals surface area contributed by atoms with Crippen LogP contribution in [-0.2, 0) is 9.68 Å². The molecule has 0 saturated carbocycles. The Morgan fingerprint density at radius 1 is 0.588 bits per heavy atom. The summed E-state index contributed by atoms with van der Waals surface area (Å²) in [6.45, 7) is 3.15. The molecule has 0 radical (unpaired) electrons. The van der Waals surface area contributed by atoms with Crippen molar-refractivity contribution in [2.24, 2.45) is 10.3 Å². The molecule has 2 aromatic carbocycles. The monoisotopic (exact) mass is 694 g/mol. The van der Waals surface area contributed by atoms with Gasteiger partial charge in [0.15, 0.2) is 0 Å². The van der Waals surface area contributed by atoms with E-state index >= 15 is 0 Å². The van der Waals surface area contributed by atoms with Crippen LogP contribution in [-0.4, -0.2) is 89.0 Å². The lowest BCUT2D eigenvalue weighted by Crippen LogP contribution is -3.00. The van der Waals surface area contributed by atoms with E-state index in [4.69, 9.17) is 9.68 Å². The SMILES string of the molecule is C[N+](C)(C)CCCO/N=C(/C(=N/OCCC[N+](C)(C)C)c1ccccc1)c1ccccc1.[I-].[I-].